The van der Waals surface area contributed by atoms with Gasteiger partial charge in [-0.2, -0.15) is 0 Å². The highest BCUT2D eigenvalue weighted by Crippen LogP contribution is 2.34. The zero-order valence-electron chi connectivity index (χ0n) is 15.1. The van der Waals surface area contributed by atoms with Crippen molar-refractivity contribution in [2.24, 2.45) is 0 Å². The highest BCUT2D eigenvalue weighted by atomic mass is 79.9. The van der Waals surface area contributed by atoms with Crippen LogP contribution in [0.15, 0.2) is 46.9 Å². The van der Waals surface area contributed by atoms with Crippen LogP contribution >= 0.6 is 63.0 Å². The van der Waals surface area contributed by atoms with Crippen LogP contribution in [0.2, 0.25) is 0 Å². The first kappa shape index (κ1) is 24.4. The summed E-state index contributed by atoms with van der Waals surface area (Å²) < 4.78 is 3.93. The van der Waals surface area contributed by atoms with Crippen molar-refractivity contribution in [3.05, 3.63) is 62.6 Å². The average molecular weight is 557 g/mol. The zero-order valence-corrected chi connectivity index (χ0v) is 19.8. The number of ether oxygens (including phenoxy) is 1. The number of benzene rings is 2. The molecule has 2 rings (SSSR count). The second-order valence-corrected chi connectivity index (χ2v) is 9.36. The fourth-order valence-corrected chi connectivity index (χ4v) is 3.08. The molecule has 8 nitrogen and oxygen atoms in total. The number of nitro groups is 1. The van der Waals surface area contributed by atoms with E-state index in [2.05, 4.69) is 31.9 Å². The first-order valence-electron chi connectivity index (χ1n) is 8.05. The average Bonchev–Trinajstić information content (AvgIpc) is 2.67. The van der Waals surface area contributed by atoms with Gasteiger partial charge >= 0.3 is 0 Å². The van der Waals surface area contributed by atoms with Crippen LogP contribution in [-0.2, 0) is 0 Å². The molecule has 1 atom stereocenters. The molecule has 2 aromatic rings. The van der Waals surface area contributed by atoms with Gasteiger partial charge in [0.25, 0.3) is 11.6 Å². The Kier molecular flexibility index (Phi) is 8.51. The molecule has 0 bridgehead atoms. The Labute approximate surface area is 200 Å². The molecule has 0 aliphatic heterocycles. The quantitative estimate of drug-likeness (QED) is 0.155. The van der Waals surface area contributed by atoms with E-state index < -0.39 is 20.8 Å². The van der Waals surface area contributed by atoms with E-state index in [4.69, 9.17) is 51.8 Å². The lowest BCUT2D eigenvalue weighted by Crippen LogP contribution is -2.56. The van der Waals surface area contributed by atoms with Crippen molar-refractivity contribution < 1.29 is 14.5 Å². The molecule has 3 N–H and O–H groups in total. The minimum atomic E-state index is -2.00. The van der Waals surface area contributed by atoms with E-state index in [1.807, 2.05) is 0 Å². The summed E-state index contributed by atoms with van der Waals surface area (Å²) >= 11 is 26.4. The molecule has 160 valence electrons. The first-order chi connectivity index (χ1) is 14.0. The molecule has 0 aliphatic rings. The lowest BCUT2D eigenvalue weighted by atomic mass is 10.2. The molecule has 1 unspecified atom stereocenters. The third-order valence-corrected chi connectivity index (χ3v) is 5.05. The predicted molar refractivity (Wildman–Crippen MR) is 125 cm³/mol. The van der Waals surface area contributed by atoms with Gasteiger partial charge in [-0.3, -0.25) is 14.9 Å². The minimum Gasteiger partial charge on any atom is -0.494 e. The maximum Gasteiger partial charge on any atom is 0.296 e. The zero-order chi connectivity index (χ0) is 22.5. The number of nitro benzene ring substituents is 1. The number of alkyl halides is 3. The molecule has 2 aromatic carbocycles. The first-order valence-corrected chi connectivity index (χ1v) is 10.4. The molecule has 0 saturated carbocycles. The van der Waals surface area contributed by atoms with Gasteiger partial charge in [0.2, 0.25) is 3.79 Å². The summed E-state index contributed by atoms with van der Waals surface area (Å²) in [6, 6.07) is 10.8. The summed E-state index contributed by atoms with van der Waals surface area (Å²) in [4.78, 5) is 23.2. The van der Waals surface area contributed by atoms with Crippen LogP contribution in [0.3, 0.4) is 0 Å². The number of hydrogen-bond acceptors (Lipinski definition) is 5. The Morgan fingerprint density at radius 2 is 1.83 bits per heavy atom. The lowest BCUT2D eigenvalue weighted by molar-refractivity contribution is -0.384. The largest absolute Gasteiger partial charge is 0.494 e. The standard InChI is InChI=1S/C17H14BrCl3N4O4S/c1-29-12-4-2-3-11(25(27)28)13(12)22-16(30)24-15(17(19,20)21)23-14(26)9-5-7-10(18)8-6-9/h2-8,15H,1H3,(H,23,26)(H2,22,24,30). The summed E-state index contributed by atoms with van der Waals surface area (Å²) in [5.41, 5.74) is 0.0473. The smallest absolute Gasteiger partial charge is 0.296 e. The van der Waals surface area contributed by atoms with Gasteiger partial charge in [-0.1, -0.05) is 56.8 Å². The molecule has 30 heavy (non-hydrogen) atoms. The van der Waals surface area contributed by atoms with Crippen molar-refractivity contribution in [3.63, 3.8) is 0 Å². The van der Waals surface area contributed by atoms with E-state index in [9.17, 15) is 14.9 Å². The van der Waals surface area contributed by atoms with E-state index in [1.165, 1.54) is 25.3 Å². The fraction of sp³-hybridized carbons (Fsp3) is 0.176. The third-order valence-electron chi connectivity index (χ3n) is 3.64. The predicted octanol–water partition coefficient (Wildman–Crippen LogP) is 4.78. The Morgan fingerprint density at radius 3 is 2.37 bits per heavy atom. The van der Waals surface area contributed by atoms with E-state index in [0.29, 0.717) is 5.56 Å². The van der Waals surface area contributed by atoms with Gasteiger partial charge in [0.05, 0.1) is 12.0 Å². The molecule has 0 saturated heterocycles. The van der Waals surface area contributed by atoms with Gasteiger partial charge in [0, 0.05) is 16.1 Å². The van der Waals surface area contributed by atoms with E-state index in [1.54, 1.807) is 24.3 Å². The molecule has 1 amide bonds. The van der Waals surface area contributed by atoms with Crippen molar-refractivity contribution >= 4 is 85.3 Å². The van der Waals surface area contributed by atoms with Crippen LogP contribution in [0.5, 0.6) is 5.75 Å². The molecule has 0 spiro atoms. The maximum absolute atomic E-state index is 12.5. The monoisotopic (exact) mass is 554 g/mol. The van der Waals surface area contributed by atoms with Crippen LogP contribution in [-0.4, -0.2) is 33.0 Å². The Bertz CT molecular complexity index is 957. The van der Waals surface area contributed by atoms with Gasteiger partial charge in [0.15, 0.2) is 10.8 Å². The van der Waals surface area contributed by atoms with Gasteiger partial charge in [0.1, 0.15) is 11.9 Å². The topological polar surface area (TPSA) is 106 Å². The van der Waals surface area contributed by atoms with Gasteiger partial charge in [-0.05, 0) is 42.5 Å². The van der Waals surface area contributed by atoms with Crippen molar-refractivity contribution in [2.45, 2.75) is 9.96 Å². The van der Waals surface area contributed by atoms with E-state index in [-0.39, 0.29) is 22.2 Å². The molecule has 0 fully saturated rings. The Morgan fingerprint density at radius 1 is 1.20 bits per heavy atom. The normalized spacial score (nSPS) is 11.9. The number of methoxy groups -OCH3 is 1. The van der Waals surface area contributed by atoms with Gasteiger partial charge in [-0.15, -0.1) is 0 Å². The fourth-order valence-electron chi connectivity index (χ4n) is 2.26. The number of thiocarbonyl (C=S) groups is 1. The molecule has 0 aliphatic carbocycles. The van der Waals surface area contributed by atoms with Crippen LogP contribution < -0.4 is 20.7 Å². The summed E-state index contributed by atoms with van der Waals surface area (Å²) in [5.74, 6) is -0.352. The summed E-state index contributed by atoms with van der Waals surface area (Å²) in [6.45, 7) is 0. The number of halogens is 4. The highest BCUT2D eigenvalue weighted by Gasteiger charge is 2.35. The molecule has 0 aromatic heterocycles. The number of nitrogens with zero attached hydrogens (tertiary/aromatic N) is 1. The SMILES string of the molecule is COc1cccc([N+](=O)[O-])c1NC(=S)NC(NC(=O)c1ccc(Br)cc1)C(Cl)(Cl)Cl. The summed E-state index contributed by atoms with van der Waals surface area (Å²) in [7, 11) is 1.35. The van der Waals surface area contributed by atoms with Crippen molar-refractivity contribution in [1.82, 2.24) is 10.6 Å². The molecular weight excluding hydrogens is 543 g/mol. The number of anilines is 1. The van der Waals surface area contributed by atoms with Crippen molar-refractivity contribution in [3.8, 4) is 5.75 Å². The number of carbonyl (C=O) groups is 1. The number of amides is 1. The van der Waals surface area contributed by atoms with Gasteiger partial charge < -0.3 is 20.7 Å². The van der Waals surface area contributed by atoms with Crippen LogP contribution in [0, 0.1) is 10.1 Å². The van der Waals surface area contributed by atoms with Crippen LogP contribution in [0.4, 0.5) is 11.4 Å². The number of carbonyl (C=O) groups excluding carboxylic acids is 1. The summed E-state index contributed by atoms with van der Waals surface area (Å²) in [6.07, 6.45) is -1.26. The molecule has 0 heterocycles. The Balaban J connectivity index is 2.20. The van der Waals surface area contributed by atoms with Crippen molar-refractivity contribution in [2.75, 3.05) is 12.4 Å². The number of nitrogens with one attached hydrogen (secondary N) is 3. The van der Waals surface area contributed by atoms with Crippen molar-refractivity contribution in [1.29, 1.82) is 0 Å². The number of para-hydroxylation sites is 1. The van der Waals surface area contributed by atoms with E-state index in [0.717, 1.165) is 4.47 Å². The maximum atomic E-state index is 12.5. The Hall–Kier alpha value is -1.85. The van der Waals surface area contributed by atoms with E-state index >= 15 is 0 Å². The molecular formula is C17H14BrCl3N4O4S. The van der Waals surface area contributed by atoms with Crippen LogP contribution in [0.25, 0.3) is 0 Å². The summed E-state index contributed by atoms with van der Waals surface area (Å²) in [5, 5.41) is 19.0. The number of hydrogen-bond donors (Lipinski definition) is 3. The highest BCUT2D eigenvalue weighted by molar-refractivity contribution is 9.10. The lowest BCUT2D eigenvalue weighted by Gasteiger charge is -2.28. The molecule has 0 radical (unpaired) electrons. The minimum absolute atomic E-state index is 0.00445. The number of rotatable bonds is 6. The van der Waals surface area contributed by atoms with Gasteiger partial charge in [-0.25, -0.2) is 0 Å². The second kappa shape index (κ2) is 10.5. The third kappa shape index (κ3) is 6.58. The second-order valence-electron chi connectivity index (χ2n) is 5.66. The molecule has 13 heteroatoms. The van der Waals surface area contributed by atoms with Crippen LogP contribution in [0.1, 0.15) is 10.4 Å².